The third kappa shape index (κ3) is 29.0. The van der Waals surface area contributed by atoms with Gasteiger partial charge in [0.15, 0.2) is 0 Å². The van der Waals surface area contributed by atoms with Crippen molar-refractivity contribution in [3.05, 3.63) is 164 Å². The Morgan fingerprint density at radius 1 is 0.405 bits per heavy atom. The molecule has 0 aliphatic rings. The second kappa shape index (κ2) is 46.0. The van der Waals surface area contributed by atoms with Crippen molar-refractivity contribution in [2.45, 2.75) is 222 Å². The van der Waals surface area contributed by atoms with Gasteiger partial charge in [-0.2, -0.15) is 6.07 Å². The van der Waals surface area contributed by atoms with Gasteiger partial charge in [0.2, 0.25) is 0 Å². The second-order valence-corrected chi connectivity index (χ2v) is 34.5. The Morgan fingerprint density at radius 3 is 1.24 bits per heavy atom. The molecule has 84 heavy (non-hydrogen) atoms. The van der Waals surface area contributed by atoms with Crippen LogP contribution in [-0.2, 0) is 32.1 Å². The predicted molar refractivity (Wildman–Crippen MR) is 403 cm³/mol. The molecule has 0 N–H and O–H groups in total. The molecule has 0 fully saturated rings. The zero-order chi connectivity index (χ0) is 58.9. The Morgan fingerprint density at radius 2 is 0.833 bits per heavy atom. The van der Waals surface area contributed by atoms with Gasteiger partial charge in [-0.1, -0.05) is 226 Å². The zero-order valence-electron chi connectivity index (χ0n) is 51.4. The number of hydrogen-bond donors (Lipinski definition) is 0. The first-order valence-electron chi connectivity index (χ1n) is 30.9. The van der Waals surface area contributed by atoms with Gasteiger partial charge >= 0.3 is 23.1 Å². The maximum absolute atomic E-state index is 3.66. The maximum atomic E-state index is 3.66. The number of halogens is 6. The topological polar surface area (TPSA) is 0 Å². The first-order valence-corrected chi connectivity index (χ1v) is 39.2. The number of aryl methyl sites for hydroxylation is 7. The molecule has 0 atom stereocenters. The van der Waals surface area contributed by atoms with Crippen molar-refractivity contribution in [2.24, 2.45) is 0 Å². The standard InChI is InChI=1S/C28H38S2.C18H22BrIS.C18H22BrS.C8H10Br2S.ClH.Mg/c1-5-7-9-10-11-12-13-23-15-17-24(18-16-23)26-20-27(30-22(26)4)28-25(14-8-6-2)19-21(3)29-28;1-2-3-4-5-6-7-8-14-9-11-15(12-10-14)16-13-17(20)21-18(16)19;1-2-3-4-5-6-7-8-15-9-11-16(12-10-15)17-13-14-20-18(17)19;1-2-3-4-6-5-7(9)11-8(6)10;;/h15-20H,5-14H2,1-4H3;9-13H,2-8H2,1H3;9-13H,2-8H2,1H3;5H,2-4H2,1H3;1H;/q;;-1;;;+2/p-1. The van der Waals surface area contributed by atoms with Crippen LogP contribution in [0.25, 0.3) is 43.1 Å². The fourth-order valence-electron chi connectivity index (χ4n) is 9.99. The van der Waals surface area contributed by atoms with Gasteiger partial charge < -0.3 is 12.4 Å². The summed E-state index contributed by atoms with van der Waals surface area (Å²) in [6.45, 7) is 15.8. The summed E-state index contributed by atoms with van der Waals surface area (Å²) in [5.74, 6) is 0. The molecule has 0 aliphatic heterocycles. The minimum atomic E-state index is 0. The average molecular weight is 1620 g/mol. The molecule has 0 unspecified atom stereocenters. The van der Waals surface area contributed by atoms with E-state index in [2.05, 4.69) is 243 Å². The van der Waals surface area contributed by atoms with Crippen molar-refractivity contribution < 1.29 is 12.4 Å². The monoisotopic (exact) mass is 1620 g/mol. The Kier molecular flexibility index (Phi) is 42.8. The van der Waals surface area contributed by atoms with Crippen molar-refractivity contribution >= 4 is 166 Å². The number of hydrogen-bond acceptors (Lipinski definition) is 5. The quantitative estimate of drug-likeness (QED) is 0.0176. The third-order valence-electron chi connectivity index (χ3n) is 14.9. The molecule has 454 valence electrons. The van der Waals surface area contributed by atoms with Gasteiger partial charge in [0.1, 0.15) is 0 Å². The van der Waals surface area contributed by atoms with Gasteiger partial charge in [-0.25, -0.2) is 0 Å². The molecule has 8 rings (SSSR count). The number of rotatable bonds is 31. The van der Waals surface area contributed by atoms with Gasteiger partial charge in [-0.05, 0) is 217 Å². The molecule has 3 aromatic carbocycles. The smallest absolute Gasteiger partial charge is 1.00 e. The second-order valence-electron chi connectivity index (χ2n) is 21.8. The van der Waals surface area contributed by atoms with Crippen LogP contribution in [0.15, 0.2) is 118 Å². The van der Waals surface area contributed by atoms with Gasteiger partial charge in [0, 0.05) is 25.1 Å². The summed E-state index contributed by atoms with van der Waals surface area (Å²) in [7, 11) is 0. The van der Waals surface area contributed by atoms with Crippen LogP contribution in [0.1, 0.15) is 213 Å². The summed E-state index contributed by atoms with van der Waals surface area (Å²) in [4.78, 5) is 5.81. The normalized spacial score (nSPS) is 10.8. The molecule has 0 aliphatic carbocycles. The fourth-order valence-corrected chi connectivity index (χ4v) is 19.7. The van der Waals surface area contributed by atoms with E-state index >= 15 is 0 Å². The van der Waals surface area contributed by atoms with E-state index in [0.29, 0.717) is 0 Å². The third-order valence-corrected chi connectivity index (χ3v) is 23.8. The average Bonchev–Trinajstić information content (AvgIpc) is 4.51. The predicted octanol–water partition coefficient (Wildman–Crippen LogP) is 25.8. The maximum Gasteiger partial charge on any atom is 2.00 e. The van der Waals surface area contributed by atoms with Crippen LogP contribution < -0.4 is 12.4 Å². The first kappa shape index (κ1) is 78.1. The number of thiophene rings is 5. The van der Waals surface area contributed by atoms with Gasteiger partial charge in [0.25, 0.3) is 0 Å². The SMILES string of the molecule is CCCCCCCCc1ccc(-c2c[c-]sc2Br)cc1.CCCCCCCCc1ccc(-c2cc(-c3sc(C)cc3CCCC)sc2C)cc1.CCCCCCCCc1ccc(-c2cc(I)sc2Br)cc1.CCCCc1cc(Br)sc1Br.[Cl-].[Mg+2]. The molecular weight excluding hydrogens is 1530 g/mol. The van der Waals surface area contributed by atoms with Crippen LogP contribution in [0.4, 0.5) is 0 Å². The summed E-state index contributed by atoms with van der Waals surface area (Å²) in [5, 5.41) is 3.16. The summed E-state index contributed by atoms with van der Waals surface area (Å²) in [6, 6.07) is 38.8. The number of unbranched alkanes of at least 4 members (excludes halogenated alkanes) is 17. The summed E-state index contributed by atoms with van der Waals surface area (Å²) in [5.41, 5.74) is 15.3. The Labute approximate surface area is 600 Å². The van der Waals surface area contributed by atoms with Crippen LogP contribution in [0, 0.1) is 22.1 Å². The molecule has 5 heterocycles. The van der Waals surface area contributed by atoms with Gasteiger partial charge in [0.05, 0.1) is 14.2 Å². The van der Waals surface area contributed by atoms with E-state index in [0.717, 1.165) is 0 Å². The Bertz CT molecular complexity index is 2950. The minimum Gasteiger partial charge on any atom is -1.00 e. The van der Waals surface area contributed by atoms with Crippen molar-refractivity contribution in [3.63, 3.8) is 0 Å². The molecule has 0 spiro atoms. The molecule has 0 bridgehead atoms. The van der Waals surface area contributed by atoms with E-state index in [1.807, 2.05) is 22.7 Å². The molecule has 0 saturated carbocycles. The molecule has 0 radical (unpaired) electrons. The van der Waals surface area contributed by atoms with Crippen LogP contribution >= 0.6 is 143 Å². The van der Waals surface area contributed by atoms with E-state index in [4.69, 9.17) is 0 Å². The minimum absolute atomic E-state index is 0. The van der Waals surface area contributed by atoms with Crippen LogP contribution in [0.5, 0.6) is 0 Å². The zero-order valence-corrected chi connectivity index (χ0v) is 66.2. The van der Waals surface area contributed by atoms with Crippen LogP contribution in [0.3, 0.4) is 0 Å². The first-order chi connectivity index (χ1) is 39.9. The fraction of sp³-hybridized carbons (Fsp3) is 0.472. The summed E-state index contributed by atoms with van der Waals surface area (Å²) in [6.07, 6.45) is 35.7. The van der Waals surface area contributed by atoms with Crippen LogP contribution in [0.2, 0.25) is 0 Å². The van der Waals surface area contributed by atoms with E-state index in [9.17, 15) is 0 Å². The van der Waals surface area contributed by atoms with Gasteiger partial charge in [-0.15, -0.1) is 72.2 Å². The van der Waals surface area contributed by atoms with Crippen LogP contribution in [-0.4, -0.2) is 23.1 Å². The summed E-state index contributed by atoms with van der Waals surface area (Å²) >= 11 is 25.7. The molecule has 0 amide bonds. The Hall–Kier alpha value is -0.134. The molecule has 12 heteroatoms. The van der Waals surface area contributed by atoms with E-state index in [1.54, 1.807) is 39.6 Å². The molecule has 0 saturated heterocycles. The van der Waals surface area contributed by atoms with E-state index in [-0.39, 0.29) is 35.5 Å². The van der Waals surface area contributed by atoms with Crippen molar-refractivity contribution in [1.29, 1.82) is 0 Å². The van der Waals surface area contributed by atoms with Crippen molar-refractivity contribution in [3.8, 4) is 43.1 Å². The summed E-state index contributed by atoms with van der Waals surface area (Å²) < 4.78 is 6.22. The van der Waals surface area contributed by atoms with Crippen molar-refractivity contribution in [1.82, 2.24) is 0 Å². The van der Waals surface area contributed by atoms with Gasteiger partial charge in [-0.3, -0.25) is 11.3 Å². The number of benzene rings is 3. The van der Waals surface area contributed by atoms with E-state index in [1.165, 1.54) is 267 Å². The van der Waals surface area contributed by atoms with Crippen molar-refractivity contribution in [2.75, 3.05) is 0 Å². The largest absolute Gasteiger partial charge is 2.00 e. The molecular formula is C72H92Br4ClIMgS5. The molecule has 8 aromatic rings. The Balaban J connectivity index is 0.000000305. The van der Waals surface area contributed by atoms with E-state index < -0.39 is 0 Å². The molecule has 0 nitrogen and oxygen atoms in total. The molecule has 5 aromatic heterocycles.